The topological polar surface area (TPSA) is 51.0 Å². The van der Waals surface area contributed by atoms with Crippen LogP contribution in [0.4, 0.5) is 17.6 Å². The molecule has 0 atom stereocenters. The Morgan fingerprint density at radius 3 is 2.52 bits per heavy atom. The summed E-state index contributed by atoms with van der Waals surface area (Å²) >= 11 is 0. The van der Waals surface area contributed by atoms with Gasteiger partial charge in [-0.1, -0.05) is 30.3 Å². The van der Waals surface area contributed by atoms with E-state index in [0.717, 1.165) is 38.1 Å². The van der Waals surface area contributed by atoms with Crippen LogP contribution in [-0.2, 0) is 11.6 Å². The van der Waals surface area contributed by atoms with Gasteiger partial charge in [0.15, 0.2) is 5.82 Å². The Hall–Kier alpha value is -2.74. The quantitative estimate of drug-likeness (QED) is 0.609. The Morgan fingerprint density at radius 2 is 1.79 bits per heavy atom. The average Bonchev–Trinajstić information content (AvgIpc) is 3.19. The van der Waals surface area contributed by atoms with E-state index in [2.05, 4.69) is 15.5 Å². The first-order valence-electron chi connectivity index (χ1n) is 9.29. The molecule has 0 bridgehead atoms. The van der Waals surface area contributed by atoms with E-state index in [4.69, 9.17) is 4.52 Å². The fourth-order valence-electron chi connectivity index (χ4n) is 3.59. The second-order valence-electron chi connectivity index (χ2n) is 7.50. The van der Waals surface area contributed by atoms with E-state index in [0.29, 0.717) is 17.0 Å². The molecule has 2 aromatic carbocycles. The van der Waals surface area contributed by atoms with Gasteiger partial charge >= 0.3 is 6.18 Å². The van der Waals surface area contributed by atoms with E-state index in [-0.39, 0.29) is 16.9 Å². The highest BCUT2D eigenvalue weighted by Gasteiger charge is 2.34. The Morgan fingerprint density at radius 1 is 1.03 bits per heavy atom. The van der Waals surface area contributed by atoms with Crippen molar-refractivity contribution in [2.45, 2.75) is 31.4 Å². The molecule has 0 amide bonds. The maximum Gasteiger partial charge on any atom is 0.416 e. The molecule has 1 saturated heterocycles. The number of nitrogens with one attached hydrogen (secondary N) is 1. The number of nitrogens with zero attached hydrogens (tertiary/aromatic N) is 2. The van der Waals surface area contributed by atoms with Gasteiger partial charge in [0.2, 0.25) is 0 Å². The van der Waals surface area contributed by atoms with Crippen LogP contribution in [0.15, 0.2) is 47.0 Å². The molecule has 4 rings (SSSR count). The SMILES string of the molecule is CC1(c2noc(-c3cc(F)ccc3-c3cccc(C(F)(F)F)c3)n2)CCNCC1. The van der Waals surface area contributed by atoms with E-state index in [9.17, 15) is 17.6 Å². The molecule has 8 heteroatoms. The van der Waals surface area contributed by atoms with Gasteiger partial charge in [0.25, 0.3) is 5.89 Å². The molecule has 4 nitrogen and oxygen atoms in total. The van der Waals surface area contributed by atoms with Crippen LogP contribution in [0.2, 0.25) is 0 Å². The van der Waals surface area contributed by atoms with Crippen LogP contribution in [0.1, 0.15) is 31.2 Å². The smallest absolute Gasteiger partial charge is 0.334 e. The maximum absolute atomic E-state index is 14.0. The highest BCUT2D eigenvalue weighted by molar-refractivity contribution is 5.80. The number of piperidine rings is 1. The van der Waals surface area contributed by atoms with Crippen LogP contribution >= 0.6 is 0 Å². The average molecular weight is 405 g/mol. The predicted octanol–water partition coefficient (Wildman–Crippen LogP) is 5.20. The maximum atomic E-state index is 14.0. The number of halogens is 4. The molecule has 0 aliphatic carbocycles. The molecule has 152 valence electrons. The largest absolute Gasteiger partial charge is 0.416 e. The molecule has 3 aromatic rings. The lowest BCUT2D eigenvalue weighted by atomic mass is 9.80. The molecule has 1 N–H and O–H groups in total. The van der Waals surface area contributed by atoms with Gasteiger partial charge in [-0.3, -0.25) is 0 Å². The summed E-state index contributed by atoms with van der Waals surface area (Å²) in [5.41, 5.74) is -0.0958. The first-order valence-corrected chi connectivity index (χ1v) is 9.29. The number of hydrogen-bond acceptors (Lipinski definition) is 4. The lowest BCUT2D eigenvalue weighted by Crippen LogP contribution is -2.38. The van der Waals surface area contributed by atoms with Crippen molar-refractivity contribution in [1.29, 1.82) is 0 Å². The van der Waals surface area contributed by atoms with Crippen molar-refractivity contribution >= 4 is 0 Å². The highest BCUT2D eigenvalue weighted by Crippen LogP contribution is 2.37. The van der Waals surface area contributed by atoms with Crippen molar-refractivity contribution in [3.63, 3.8) is 0 Å². The zero-order valence-corrected chi connectivity index (χ0v) is 15.7. The van der Waals surface area contributed by atoms with Crippen molar-refractivity contribution < 1.29 is 22.1 Å². The molecule has 1 fully saturated rings. The van der Waals surface area contributed by atoms with Crippen LogP contribution in [0.5, 0.6) is 0 Å². The predicted molar refractivity (Wildman–Crippen MR) is 99.6 cm³/mol. The molecule has 1 aliphatic rings. The number of rotatable bonds is 3. The number of hydrogen-bond donors (Lipinski definition) is 1. The van der Waals surface area contributed by atoms with Gasteiger partial charge in [-0.25, -0.2) is 4.39 Å². The third-order valence-corrected chi connectivity index (χ3v) is 5.39. The zero-order valence-electron chi connectivity index (χ0n) is 15.7. The Bertz CT molecular complexity index is 1020. The molecule has 29 heavy (non-hydrogen) atoms. The van der Waals surface area contributed by atoms with Crippen molar-refractivity contribution in [2.75, 3.05) is 13.1 Å². The van der Waals surface area contributed by atoms with Gasteiger partial charge in [0.1, 0.15) is 5.82 Å². The van der Waals surface area contributed by atoms with Crippen LogP contribution in [0.3, 0.4) is 0 Å². The summed E-state index contributed by atoms with van der Waals surface area (Å²) in [5, 5.41) is 7.37. The van der Waals surface area contributed by atoms with E-state index in [1.54, 1.807) is 0 Å². The molecule has 1 aromatic heterocycles. The molecule has 2 heterocycles. The summed E-state index contributed by atoms with van der Waals surface area (Å²) in [4.78, 5) is 4.48. The molecular weight excluding hydrogens is 386 g/mol. The van der Waals surface area contributed by atoms with Crippen LogP contribution in [-0.4, -0.2) is 23.2 Å². The van der Waals surface area contributed by atoms with Gasteiger partial charge in [0, 0.05) is 5.41 Å². The molecule has 0 spiro atoms. The third-order valence-electron chi connectivity index (χ3n) is 5.39. The molecule has 0 unspecified atom stereocenters. The van der Waals surface area contributed by atoms with Gasteiger partial charge in [0.05, 0.1) is 11.1 Å². The minimum absolute atomic E-state index is 0.0895. The van der Waals surface area contributed by atoms with Crippen molar-refractivity contribution in [2.24, 2.45) is 0 Å². The van der Waals surface area contributed by atoms with Gasteiger partial charge < -0.3 is 9.84 Å². The standard InChI is InChI=1S/C21H19F4N3O/c1-20(7-9-26-10-8-20)19-27-18(29-28-19)17-12-15(22)5-6-16(17)13-3-2-4-14(11-13)21(23,24)25/h2-6,11-12,26H,7-10H2,1H3. The molecular formula is C21H19F4N3O. The van der Waals surface area contributed by atoms with Crippen molar-refractivity contribution in [1.82, 2.24) is 15.5 Å². The number of benzene rings is 2. The van der Waals surface area contributed by atoms with Gasteiger partial charge in [-0.15, -0.1) is 0 Å². The Kier molecular flexibility index (Phi) is 4.90. The van der Waals surface area contributed by atoms with E-state index in [1.807, 2.05) is 6.92 Å². The third kappa shape index (κ3) is 3.89. The van der Waals surface area contributed by atoms with E-state index < -0.39 is 17.6 Å². The van der Waals surface area contributed by atoms with E-state index in [1.165, 1.54) is 30.3 Å². The zero-order chi connectivity index (χ0) is 20.6. The Balaban J connectivity index is 1.78. The summed E-state index contributed by atoms with van der Waals surface area (Å²) in [6, 6.07) is 8.72. The molecule has 0 radical (unpaired) electrons. The first kappa shape index (κ1) is 19.6. The van der Waals surface area contributed by atoms with Crippen LogP contribution < -0.4 is 5.32 Å². The first-order chi connectivity index (χ1) is 13.8. The normalized spacial score (nSPS) is 16.7. The highest BCUT2D eigenvalue weighted by atomic mass is 19.4. The van der Waals surface area contributed by atoms with Crippen LogP contribution in [0.25, 0.3) is 22.6 Å². The summed E-state index contributed by atoms with van der Waals surface area (Å²) < 4.78 is 58.7. The summed E-state index contributed by atoms with van der Waals surface area (Å²) in [6.07, 6.45) is -2.82. The summed E-state index contributed by atoms with van der Waals surface area (Å²) in [5.74, 6) is 0.0727. The van der Waals surface area contributed by atoms with Crippen molar-refractivity contribution in [3.8, 4) is 22.6 Å². The summed E-state index contributed by atoms with van der Waals surface area (Å²) in [6.45, 7) is 3.70. The number of aromatic nitrogens is 2. The lowest BCUT2D eigenvalue weighted by molar-refractivity contribution is -0.137. The second kappa shape index (κ2) is 7.26. The van der Waals surface area contributed by atoms with Crippen LogP contribution in [0, 0.1) is 5.82 Å². The van der Waals surface area contributed by atoms with Gasteiger partial charge in [-0.2, -0.15) is 18.2 Å². The Labute approximate surface area is 164 Å². The molecule has 1 aliphatic heterocycles. The fourth-order valence-corrected chi connectivity index (χ4v) is 3.59. The monoisotopic (exact) mass is 405 g/mol. The van der Waals surface area contributed by atoms with Gasteiger partial charge in [-0.05, 0) is 61.3 Å². The lowest BCUT2D eigenvalue weighted by Gasteiger charge is -2.30. The van der Waals surface area contributed by atoms with E-state index >= 15 is 0 Å². The summed E-state index contributed by atoms with van der Waals surface area (Å²) in [7, 11) is 0. The second-order valence-corrected chi connectivity index (χ2v) is 7.50. The minimum Gasteiger partial charge on any atom is -0.334 e. The minimum atomic E-state index is -4.47. The molecule has 0 saturated carbocycles. The van der Waals surface area contributed by atoms with Crippen molar-refractivity contribution in [3.05, 3.63) is 59.7 Å². The fraction of sp³-hybridized carbons (Fsp3) is 0.333. The number of alkyl halides is 3.